The predicted octanol–water partition coefficient (Wildman–Crippen LogP) is 3.98. The smallest absolute Gasteiger partial charge is 0.356 e. The number of methoxy groups -OCH3 is 1. The normalized spacial score (nSPS) is 11.7. The summed E-state index contributed by atoms with van der Waals surface area (Å²) < 4.78 is 8.39. The van der Waals surface area contributed by atoms with Gasteiger partial charge in [0.05, 0.1) is 42.4 Å². The van der Waals surface area contributed by atoms with Crippen molar-refractivity contribution < 1.29 is 14.6 Å². The number of nitrogens with zero attached hydrogens (tertiary/aromatic N) is 7. The molecule has 0 fully saturated rings. The minimum Gasteiger partial charge on any atom is -0.479 e. The quantitative estimate of drug-likeness (QED) is 0.299. The van der Waals surface area contributed by atoms with Crippen molar-refractivity contribution in [3.63, 3.8) is 0 Å². The number of aryl methyl sites for hydroxylation is 1. The van der Waals surface area contributed by atoms with Crippen LogP contribution >= 0.6 is 11.6 Å². The van der Waals surface area contributed by atoms with Crippen molar-refractivity contribution in [1.29, 1.82) is 5.26 Å². The number of anilines is 2. The van der Waals surface area contributed by atoms with Crippen LogP contribution < -0.4 is 20.5 Å². The highest BCUT2D eigenvalue weighted by molar-refractivity contribution is 6.30. The van der Waals surface area contributed by atoms with Gasteiger partial charge in [-0.3, -0.25) is 4.79 Å². The molecule has 212 valence electrons. The number of hydrogen-bond acceptors (Lipinski definition) is 9. The van der Waals surface area contributed by atoms with Crippen LogP contribution in [0.15, 0.2) is 47.5 Å². The van der Waals surface area contributed by atoms with E-state index in [1.54, 1.807) is 56.5 Å². The largest absolute Gasteiger partial charge is 0.479 e. The highest BCUT2D eigenvalue weighted by Gasteiger charge is 2.33. The molecule has 13 heteroatoms. The summed E-state index contributed by atoms with van der Waals surface area (Å²) in [5.74, 6) is -0.852. The van der Waals surface area contributed by atoms with Crippen LogP contribution in [0, 0.1) is 11.3 Å². The van der Waals surface area contributed by atoms with Crippen molar-refractivity contribution in [2.24, 2.45) is 7.05 Å². The molecule has 0 aliphatic rings. The van der Waals surface area contributed by atoms with Gasteiger partial charge < -0.3 is 24.6 Å². The molecule has 0 radical (unpaired) electrons. The van der Waals surface area contributed by atoms with Crippen molar-refractivity contribution >= 4 is 29.2 Å². The fraction of sp³-hybridized carbons (Fsp3) is 0.286. The summed E-state index contributed by atoms with van der Waals surface area (Å²) >= 11 is 6.20. The number of aromatic nitrogens is 5. The Morgan fingerprint density at radius 3 is 2.46 bits per heavy atom. The molecule has 3 heterocycles. The molecule has 1 aromatic carbocycles. The van der Waals surface area contributed by atoms with Gasteiger partial charge in [-0.05, 0) is 29.7 Å². The predicted molar refractivity (Wildman–Crippen MR) is 154 cm³/mol. The van der Waals surface area contributed by atoms with Gasteiger partial charge in [0.15, 0.2) is 5.69 Å². The van der Waals surface area contributed by atoms with Crippen molar-refractivity contribution in [2.45, 2.75) is 25.8 Å². The Morgan fingerprint density at radius 2 is 1.93 bits per heavy atom. The third-order valence-corrected chi connectivity index (χ3v) is 6.64. The number of aromatic carboxylic acids is 1. The molecule has 1 unspecified atom stereocenters. The van der Waals surface area contributed by atoms with E-state index < -0.39 is 12.0 Å². The Bertz CT molecular complexity index is 1680. The summed E-state index contributed by atoms with van der Waals surface area (Å²) in [5.41, 5.74) is 2.30. The number of hydrogen-bond donors (Lipinski definition) is 2. The molecule has 0 saturated carbocycles. The standard InChI is InChI=1S/C28H29ClN8O4/c1-15(2)24-21(23(27(39)40)34-37(24)20-13-31-28(35(3)4)33-25(20)41-6)22(17-9-7-16(12-30)8-10-17)32-18-11-19(29)26(38)36(5)14-18/h7-11,13-15,22,32H,1-6H3,(H,39,40). The maximum atomic E-state index is 12.7. The van der Waals surface area contributed by atoms with Crippen molar-refractivity contribution in [2.75, 3.05) is 31.4 Å². The molecule has 0 spiro atoms. The number of carbonyl (C=O) groups is 1. The van der Waals surface area contributed by atoms with E-state index in [0.717, 1.165) is 0 Å². The van der Waals surface area contributed by atoms with E-state index in [2.05, 4.69) is 26.5 Å². The number of ether oxygens (including phenoxy) is 1. The van der Waals surface area contributed by atoms with Gasteiger partial charge in [-0.2, -0.15) is 15.3 Å². The number of pyridine rings is 1. The molecule has 0 amide bonds. The number of rotatable bonds is 9. The molecule has 1 atom stereocenters. The second kappa shape index (κ2) is 11.7. The van der Waals surface area contributed by atoms with Crippen molar-refractivity contribution in [3.8, 4) is 17.6 Å². The number of carboxylic acid groups (broad SMARTS) is 1. The van der Waals surface area contributed by atoms with Crippen LogP contribution in [0.5, 0.6) is 5.88 Å². The van der Waals surface area contributed by atoms with Crippen molar-refractivity contribution in [3.05, 3.63) is 86.2 Å². The zero-order valence-electron chi connectivity index (χ0n) is 23.4. The molecule has 0 aliphatic carbocycles. The molecule has 4 rings (SSSR count). The lowest BCUT2D eigenvalue weighted by molar-refractivity contribution is 0.0688. The van der Waals surface area contributed by atoms with E-state index in [-0.39, 0.29) is 28.1 Å². The third kappa shape index (κ3) is 5.71. The lowest BCUT2D eigenvalue weighted by atomic mass is 9.91. The van der Waals surface area contributed by atoms with E-state index in [0.29, 0.717) is 39.7 Å². The Labute approximate surface area is 241 Å². The first-order chi connectivity index (χ1) is 19.5. The summed E-state index contributed by atoms with van der Waals surface area (Å²) in [4.78, 5) is 35.5. The average Bonchev–Trinajstić information content (AvgIpc) is 3.35. The van der Waals surface area contributed by atoms with Crippen LogP contribution in [-0.4, -0.2) is 56.6 Å². The molecule has 12 nitrogen and oxygen atoms in total. The van der Waals surface area contributed by atoms with E-state index in [9.17, 15) is 20.0 Å². The first-order valence-corrected chi connectivity index (χ1v) is 12.9. The lowest BCUT2D eigenvalue weighted by Crippen LogP contribution is -2.21. The molecule has 0 saturated heterocycles. The third-order valence-electron chi connectivity index (χ3n) is 6.37. The van der Waals surface area contributed by atoms with Crippen LogP contribution in [0.4, 0.5) is 11.6 Å². The minimum absolute atomic E-state index is 0.00261. The summed E-state index contributed by atoms with van der Waals surface area (Å²) in [6.45, 7) is 3.84. The van der Waals surface area contributed by atoms with E-state index in [4.69, 9.17) is 16.3 Å². The van der Waals surface area contributed by atoms with Crippen LogP contribution in [-0.2, 0) is 7.05 Å². The number of benzene rings is 1. The van der Waals surface area contributed by atoms with Gasteiger partial charge in [0.25, 0.3) is 5.56 Å². The summed E-state index contributed by atoms with van der Waals surface area (Å²) in [5, 5.41) is 27.6. The van der Waals surface area contributed by atoms with Gasteiger partial charge in [0, 0.05) is 32.9 Å². The zero-order valence-corrected chi connectivity index (χ0v) is 24.1. The van der Waals surface area contributed by atoms with Crippen LogP contribution in [0.1, 0.15) is 58.7 Å². The highest BCUT2D eigenvalue weighted by atomic mass is 35.5. The molecule has 0 bridgehead atoms. The molecular formula is C28H29ClN8O4. The molecule has 41 heavy (non-hydrogen) atoms. The van der Waals surface area contributed by atoms with Gasteiger partial charge in [0.1, 0.15) is 10.7 Å². The fourth-order valence-electron chi connectivity index (χ4n) is 4.48. The topological polar surface area (TPSA) is 151 Å². The molecule has 0 aliphatic heterocycles. The Kier molecular flexibility index (Phi) is 8.30. The number of carboxylic acids is 1. The van der Waals surface area contributed by atoms with Gasteiger partial charge in [-0.15, -0.1) is 0 Å². The van der Waals surface area contributed by atoms with Crippen LogP contribution in [0.2, 0.25) is 5.02 Å². The summed E-state index contributed by atoms with van der Waals surface area (Å²) in [7, 11) is 6.62. The Morgan fingerprint density at radius 1 is 1.24 bits per heavy atom. The lowest BCUT2D eigenvalue weighted by Gasteiger charge is -2.24. The Hall–Kier alpha value is -4.89. The first kappa shape index (κ1) is 29.1. The fourth-order valence-corrected chi connectivity index (χ4v) is 4.73. The van der Waals surface area contributed by atoms with Gasteiger partial charge in [-0.1, -0.05) is 37.6 Å². The minimum atomic E-state index is -1.25. The number of nitriles is 1. The maximum absolute atomic E-state index is 12.7. The second-order valence-corrected chi connectivity index (χ2v) is 10.2. The maximum Gasteiger partial charge on any atom is 0.356 e. The SMILES string of the molecule is COc1nc(N(C)C)ncc1-n1nc(C(=O)O)c(C(Nc2cc(Cl)c(=O)n(C)c2)c2ccc(C#N)cc2)c1C(C)C. The highest BCUT2D eigenvalue weighted by Crippen LogP contribution is 2.38. The summed E-state index contributed by atoms with van der Waals surface area (Å²) in [6, 6.07) is 9.57. The monoisotopic (exact) mass is 576 g/mol. The molecular weight excluding hydrogens is 548 g/mol. The van der Waals surface area contributed by atoms with Gasteiger partial charge in [-0.25, -0.2) is 14.5 Å². The van der Waals surface area contributed by atoms with Gasteiger partial charge >= 0.3 is 5.97 Å². The number of nitrogens with one attached hydrogen (secondary N) is 1. The van der Waals surface area contributed by atoms with Crippen LogP contribution in [0.25, 0.3) is 5.69 Å². The van der Waals surface area contributed by atoms with Crippen LogP contribution in [0.3, 0.4) is 0 Å². The molecule has 4 aromatic rings. The number of halogens is 1. The van der Waals surface area contributed by atoms with E-state index in [1.165, 1.54) is 28.6 Å². The average molecular weight is 577 g/mol. The second-order valence-electron chi connectivity index (χ2n) is 9.78. The first-order valence-electron chi connectivity index (χ1n) is 12.5. The molecule has 2 N–H and O–H groups in total. The molecule has 3 aromatic heterocycles. The van der Waals surface area contributed by atoms with E-state index in [1.807, 2.05) is 13.8 Å². The zero-order chi connectivity index (χ0) is 30.0. The summed E-state index contributed by atoms with van der Waals surface area (Å²) in [6.07, 6.45) is 3.11. The van der Waals surface area contributed by atoms with Gasteiger partial charge in [0.2, 0.25) is 11.8 Å². The Balaban J connectivity index is 2.03. The van der Waals surface area contributed by atoms with E-state index >= 15 is 0 Å². The van der Waals surface area contributed by atoms with Crippen molar-refractivity contribution in [1.82, 2.24) is 24.3 Å².